The molecule has 9 heavy (non-hydrogen) atoms. The van der Waals surface area contributed by atoms with Crippen molar-refractivity contribution in [3.05, 3.63) is 12.8 Å². The molecule has 2 nitrogen and oxygen atoms in total. The number of halogens is 2. The predicted molar refractivity (Wildman–Crippen MR) is 28.2 cm³/mol. The van der Waals surface area contributed by atoms with Crippen molar-refractivity contribution in [2.24, 2.45) is 0 Å². The Morgan fingerprint density at radius 2 is 2.22 bits per heavy atom. The number of rotatable bonds is 4. The quantitative estimate of drug-likeness (QED) is 0.581. The van der Waals surface area contributed by atoms with Gasteiger partial charge in [-0.2, -0.15) is 0 Å². The first-order valence-corrected chi connectivity index (χ1v) is 2.33. The maximum atomic E-state index is 11.9. The lowest BCUT2D eigenvalue weighted by molar-refractivity contribution is -0.0899. The smallest absolute Gasteiger partial charge is 0.303 e. The van der Waals surface area contributed by atoms with Crippen LogP contribution < -0.4 is 0 Å². The zero-order chi connectivity index (χ0) is 7.33. The number of alkyl halides is 2. The van der Waals surface area contributed by atoms with E-state index in [1.165, 1.54) is 0 Å². The second-order valence-corrected chi connectivity index (χ2v) is 1.49. The van der Waals surface area contributed by atoms with Gasteiger partial charge in [0.15, 0.2) is 6.61 Å². The Morgan fingerprint density at radius 3 is 2.56 bits per heavy atom. The van der Waals surface area contributed by atoms with Gasteiger partial charge >= 0.3 is 5.92 Å². The lowest BCUT2D eigenvalue weighted by Crippen LogP contribution is -2.26. The Labute approximate surface area is 51.7 Å². The third-order valence-corrected chi connectivity index (χ3v) is 0.644. The van der Waals surface area contributed by atoms with Crippen LogP contribution in [-0.4, -0.2) is 24.2 Å². The average molecular weight is 138 g/mol. The highest BCUT2D eigenvalue weighted by Gasteiger charge is 2.27. The fraction of sp³-hybridized carbons (Fsp3) is 0.600. The molecule has 0 saturated heterocycles. The second kappa shape index (κ2) is 3.40. The van der Waals surface area contributed by atoms with Crippen LogP contribution in [0.5, 0.6) is 0 Å². The van der Waals surface area contributed by atoms with E-state index >= 15 is 0 Å². The number of hydrogen-bond donors (Lipinski definition) is 1. The van der Waals surface area contributed by atoms with E-state index in [-0.39, 0.29) is 0 Å². The summed E-state index contributed by atoms with van der Waals surface area (Å²) in [5.74, 6) is -3.14. The summed E-state index contributed by atoms with van der Waals surface area (Å²) < 4.78 is 28.0. The molecular weight excluding hydrogens is 130 g/mol. The van der Waals surface area contributed by atoms with Crippen LogP contribution in [0, 0.1) is 0 Å². The predicted octanol–water partition coefficient (Wildman–Crippen LogP) is 0.774. The van der Waals surface area contributed by atoms with Crippen molar-refractivity contribution in [2.45, 2.75) is 5.92 Å². The molecule has 0 aromatic carbocycles. The lowest BCUT2D eigenvalue weighted by Gasteiger charge is -2.10. The highest BCUT2D eigenvalue weighted by atomic mass is 19.3. The van der Waals surface area contributed by atoms with E-state index < -0.39 is 19.1 Å². The van der Waals surface area contributed by atoms with Gasteiger partial charge in [0.2, 0.25) is 0 Å². The molecule has 54 valence electrons. The summed E-state index contributed by atoms with van der Waals surface area (Å²) >= 11 is 0. The fourth-order valence-electron chi connectivity index (χ4n) is 0.226. The van der Waals surface area contributed by atoms with Crippen LogP contribution in [0.1, 0.15) is 0 Å². The Hall–Kier alpha value is -0.640. The van der Waals surface area contributed by atoms with Gasteiger partial charge in [-0.1, -0.05) is 6.58 Å². The van der Waals surface area contributed by atoms with Gasteiger partial charge < -0.3 is 9.84 Å². The van der Waals surface area contributed by atoms with Crippen LogP contribution in [0.3, 0.4) is 0 Å². The largest absolute Gasteiger partial charge is 0.495 e. The van der Waals surface area contributed by atoms with Crippen LogP contribution in [-0.2, 0) is 4.74 Å². The van der Waals surface area contributed by atoms with E-state index in [0.717, 1.165) is 6.26 Å². The van der Waals surface area contributed by atoms with Gasteiger partial charge in [-0.3, -0.25) is 0 Å². The maximum absolute atomic E-state index is 11.9. The van der Waals surface area contributed by atoms with E-state index in [1.54, 1.807) is 0 Å². The molecule has 0 atom stereocenters. The van der Waals surface area contributed by atoms with Crippen LogP contribution in [0.2, 0.25) is 0 Å². The average Bonchev–Trinajstić information content (AvgIpc) is 1.84. The molecule has 0 heterocycles. The second-order valence-electron chi connectivity index (χ2n) is 1.49. The normalized spacial score (nSPS) is 11.0. The molecule has 0 aliphatic rings. The molecule has 0 spiro atoms. The zero-order valence-corrected chi connectivity index (χ0v) is 4.81. The van der Waals surface area contributed by atoms with E-state index in [2.05, 4.69) is 11.3 Å². The molecule has 0 amide bonds. The molecule has 0 aliphatic carbocycles. The molecule has 0 bridgehead atoms. The molecule has 0 unspecified atom stereocenters. The third-order valence-electron chi connectivity index (χ3n) is 0.644. The Bertz CT molecular complexity index is 93.0. The van der Waals surface area contributed by atoms with Crippen molar-refractivity contribution in [1.82, 2.24) is 0 Å². The molecule has 0 rings (SSSR count). The van der Waals surface area contributed by atoms with Crippen molar-refractivity contribution in [3.8, 4) is 0 Å². The molecule has 0 fully saturated rings. The number of aliphatic hydroxyl groups is 1. The number of aliphatic hydroxyl groups excluding tert-OH is 1. The molecule has 1 N–H and O–H groups in total. The van der Waals surface area contributed by atoms with Crippen molar-refractivity contribution < 1.29 is 18.6 Å². The van der Waals surface area contributed by atoms with Gasteiger partial charge in [0.25, 0.3) is 0 Å². The highest BCUT2D eigenvalue weighted by Crippen LogP contribution is 2.11. The first-order chi connectivity index (χ1) is 4.12. The highest BCUT2D eigenvalue weighted by molar-refractivity contribution is 4.64. The topological polar surface area (TPSA) is 29.5 Å². The first kappa shape index (κ1) is 8.36. The molecule has 0 radical (unpaired) electrons. The van der Waals surface area contributed by atoms with Crippen molar-refractivity contribution in [2.75, 3.05) is 13.2 Å². The third kappa shape index (κ3) is 3.90. The standard InChI is InChI=1S/C5H8F2O2/c1-2-9-4-5(6,7)3-8/h2,8H,1,3-4H2. The zero-order valence-electron chi connectivity index (χ0n) is 4.81. The summed E-state index contributed by atoms with van der Waals surface area (Å²) in [5.41, 5.74) is 0. The molecule has 0 aliphatic heterocycles. The van der Waals surface area contributed by atoms with E-state index in [1.807, 2.05) is 0 Å². The summed E-state index contributed by atoms with van der Waals surface area (Å²) in [5, 5.41) is 7.96. The first-order valence-electron chi connectivity index (χ1n) is 2.33. The van der Waals surface area contributed by atoms with Crippen LogP contribution >= 0.6 is 0 Å². The van der Waals surface area contributed by atoms with Gasteiger partial charge in [-0.25, -0.2) is 8.78 Å². The molecular formula is C5H8F2O2. The van der Waals surface area contributed by atoms with Gasteiger partial charge in [0.05, 0.1) is 6.26 Å². The Balaban J connectivity index is 3.44. The molecule has 0 aromatic rings. The van der Waals surface area contributed by atoms with Gasteiger partial charge in [0, 0.05) is 0 Å². The summed E-state index contributed by atoms with van der Waals surface area (Å²) in [7, 11) is 0. The monoisotopic (exact) mass is 138 g/mol. The summed E-state index contributed by atoms with van der Waals surface area (Å²) in [6, 6.07) is 0. The van der Waals surface area contributed by atoms with Crippen LogP contribution in [0.15, 0.2) is 12.8 Å². The van der Waals surface area contributed by atoms with Crippen molar-refractivity contribution in [1.29, 1.82) is 0 Å². The SMILES string of the molecule is C=COCC(F)(F)CO. The van der Waals surface area contributed by atoms with E-state index in [9.17, 15) is 8.78 Å². The molecule has 0 saturated carbocycles. The van der Waals surface area contributed by atoms with E-state index in [4.69, 9.17) is 5.11 Å². The van der Waals surface area contributed by atoms with Gasteiger partial charge in [-0.05, 0) is 0 Å². The maximum Gasteiger partial charge on any atom is 0.303 e. The molecule has 0 aromatic heterocycles. The van der Waals surface area contributed by atoms with Crippen LogP contribution in [0.4, 0.5) is 8.78 Å². The van der Waals surface area contributed by atoms with Gasteiger partial charge in [-0.15, -0.1) is 0 Å². The number of hydrogen-bond acceptors (Lipinski definition) is 2. The number of ether oxygens (including phenoxy) is 1. The van der Waals surface area contributed by atoms with Gasteiger partial charge in [0.1, 0.15) is 6.61 Å². The fourth-order valence-corrected chi connectivity index (χ4v) is 0.226. The minimum atomic E-state index is -3.14. The van der Waals surface area contributed by atoms with Crippen LogP contribution in [0.25, 0.3) is 0 Å². The minimum Gasteiger partial charge on any atom is -0.495 e. The summed E-state index contributed by atoms with van der Waals surface area (Å²) in [6.07, 6.45) is 0.906. The Kier molecular flexibility index (Phi) is 3.16. The van der Waals surface area contributed by atoms with Crippen molar-refractivity contribution in [3.63, 3.8) is 0 Å². The minimum absolute atomic E-state index is 0.812. The Morgan fingerprint density at radius 1 is 1.67 bits per heavy atom. The van der Waals surface area contributed by atoms with Crippen molar-refractivity contribution >= 4 is 0 Å². The lowest BCUT2D eigenvalue weighted by atomic mass is 10.4. The summed E-state index contributed by atoms with van der Waals surface area (Å²) in [4.78, 5) is 0. The van der Waals surface area contributed by atoms with E-state index in [0.29, 0.717) is 0 Å². The summed E-state index contributed by atoms with van der Waals surface area (Å²) in [6.45, 7) is 1.05. The molecule has 4 heteroatoms.